The molecule has 0 unspecified atom stereocenters. The van der Waals surface area contributed by atoms with E-state index in [-0.39, 0.29) is 11.1 Å². The Balaban J connectivity index is 1.98. The molecule has 1 aliphatic carbocycles. The molecule has 0 saturated heterocycles. The minimum absolute atomic E-state index is 0.0718. The van der Waals surface area contributed by atoms with Crippen LogP contribution in [0.2, 0.25) is 0 Å². The van der Waals surface area contributed by atoms with Gasteiger partial charge in [0.05, 0.1) is 0 Å². The second kappa shape index (κ2) is 7.29. The van der Waals surface area contributed by atoms with Gasteiger partial charge in [0.2, 0.25) is 5.75 Å². The summed E-state index contributed by atoms with van der Waals surface area (Å²) < 4.78 is 82.9. The van der Waals surface area contributed by atoms with E-state index in [2.05, 4.69) is 11.7 Å². The van der Waals surface area contributed by atoms with Crippen molar-refractivity contribution in [3.8, 4) is 16.9 Å². The lowest BCUT2D eigenvalue weighted by molar-refractivity contribution is -0.276. The monoisotopic (exact) mass is 386 g/mol. The molecular formula is C20H16F6O. The topological polar surface area (TPSA) is 9.23 Å². The Kier molecular flexibility index (Phi) is 5.22. The largest absolute Gasteiger partial charge is 0.573 e. The second-order valence-electron chi connectivity index (χ2n) is 6.37. The molecule has 0 aliphatic heterocycles. The Morgan fingerprint density at radius 2 is 1.70 bits per heavy atom. The predicted molar refractivity (Wildman–Crippen MR) is 88.8 cm³/mol. The van der Waals surface area contributed by atoms with E-state index in [0.29, 0.717) is 30.5 Å². The lowest BCUT2D eigenvalue weighted by Gasteiger charge is -2.19. The fraction of sp³-hybridized carbons (Fsp3) is 0.300. The van der Waals surface area contributed by atoms with Crippen LogP contribution in [0.1, 0.15) is 30.9 Å². The molecule has 0 fully saturated rings. The van der Waals surface area contributed by atoms with Gasteiger partial charge in [0.1, 0.15) is 5.82 Å². The highest BCUT2D eigenvalue weighted by atomic mass is 19.4. The van der Waals surface area contributed by atoms with Crippen LogP contribution >= 0.6 is 0 Å². The number of benzene rings is 2. The van der Waals surface area contributed by atoms with Gasteiger partial charge in [-0.05, 0) is 48.1 Å². The van der Waals surface area contributed by atoms with E-state index in [1.807, 2.05) is 6.08 Å². The molecule has 0 heterocycles. The average Bonchev–Trinajstić information content (AvgIpc) is 2.58. The Morgan fingerprint density at radius 1 is 1.04 bits per heavy atom. The summed E-state index contributed by atoms with van der Waals surface area (Å²) in [6, 6.07) is 4.35. The van der Waals surface area contributed by atoms with Gasteiger partial charge in [0, 0.05) is 5.56 Å². The van der Waals surface area contributed by atoms with Crippen molar-refractivity contribution in [1.29, 1.82) is 0 Å². The van der Waals surface area contributed by atoms with Crippen molar-refractivity contribution < 1.29 is 31.1 Å². The third-order valence-electron chi connectivity index (χ3n) is 4.45. The van der Waals surface area contributed by atoms with E-state index < -0.39 is 29.6 Å². The number of allylic oxidation sites excluding steroid dienone is 2. The first-order valence-electron chi connectivity index (χ1n) is 8.43. The van der Waals surface area contributed by atoms with Crippen molar-refractivity contribution in [2.75, 3.05) is 0 Å². The standard InChI is InChI=1S/C20H16F6O/c1-2-3-11-4-6-14-12(8-11)5-7-15(18(14)23)13-9-16(21)19(17(22)10-13)27-20(24,25)26/h4-5,7,9-10H,2-3,6,8H2,1H3. The maximum atomic E-state index is 14.9. The zero-order valence-corrected chi connectivity index (χ0v) is 14.4. The van der Waals surface area contributed by atoms with E-state index in [4.69, 9.17) is 0 Å². The summed E-state index contributed by atoms with van der Waals surface area (Å²) in [7, 11) is 0. The third kappa shape index (κ3) is 4.12. The smallest absolute Gasteiger partial charge is 0.399 e. The van der Waals surface area contributed by atoms with Crippen molar-refractivity contribution >= 4 is 0 Å². The van der Waals surface area contributed by atoms with Gasteiger partial charge in [0.25, 0.3) is 0 Å². The van der Waals surface area contributed by atoms with Crippen LogP contribution in [0.25, 0.3) is 11.1 Å². The molecule has 0 saturated carbocycles. The molecule has 0 spiro atoms. The van der Waals surface area contributed by atoms with Gasteiger partial charge in [-0.3, -0.25) is 0 Å². The Morgan fingerprint density at radius 3 is 2.30 bits per heavy atom. The fourth-order valence-corrected chi connectivity index (χ4v) is 3.27. The molecule has 1 nitrogen and oxygen atoms in total. The van der Waals surface area contributed by atoms with E-state index in [1.165, 1.54) is 11.6 Å². The van der Waals surface area contributed by atoms with Gasteiger partial charge in [-0.2, -0.15) is 0 Å². The van der Waals surface area contributed by atoms with Crippen molar-refractivity contribution in [2.45, 2.75) is 39.0 Å². The van der Waals surface area contributed by atoms with E-state index in [9.17, 15) is 26.3 Å². The SMILES string of the molecule is CCCC1=CCc2c(ccc(-c3cc(F)c(OC(F)(F)F)c(F)c3)c2F)C1. The zero-order chi connectivity index (χ0) is 19.8. The normalized spacial score (nSPS) is 14.0. The first kappa shape index (κ1) is 19.3. The molecule has 2 aromatic carbocycles. The highest BCUT2D eigenvalue weighted by Gasteiger charge is 2.34. The second-order valence-corrected chi connectivity index (χ2v) is 6.37. The maximum Gasteiger partial charge on any atom is 0.573 e. The summed E-state index contributed by atoms with van der Waals surface area (Å²) in [5, 5.41) is 0. The average molecular weight is 386 g/mol. The van der Waals surface area contributed by atoms with Crippen molar-refractivity contribution in [2.24, 2.45) is 0 Å². The number of fused-ring (bicyclic) bond motifs is 1. The highest BCUT2D eigenvalue weighted by molar-refractivity contribution is 5.67. The zero-order valence-electron chi connectivity index (χ0n) is 14.4. The van der Waals surface area contributed by atoms with Crippen LogP contribution in [0.4, 0.5) is 26.3 Å². The van der Waals surface area contributed by atoms with E-state index in [0.717, 1.165) is 18.4 Å². The van der Waals surface area contributed by atoms with Crippen LogP contribution < -0.4 is 4.74 Å². The maximum absolute atomic E-state index is 14.9. The fourth-order valence-electron chi connectivity index (χ4n) is 3.27. The Hall–Kier alpha value is -2.44. The summed E-state index contributed by atoms with van der Waals surface area (Å²) >= 11 is 0. The molecule has 7 heteroatoms. The Labute approximate surface area is 152 Å². The molecule has 0 N–H and O–H groups in total. The number of ether oxygens (including phenoxy) is 1. The minimum atomic E-state index is -5.23. The molecule has 3 rings (SSSR count). The molecule has 2 aromatic rings. The van der Waals surface area contributed by atoms with Crippen LogP contribution in [-0.2, 0) is 12.8 Å². The van der Waals surface area contributed by atoms with E-state index in [1.54, 1.807) is 6.07 Å². The van der Waals surface area contributed by atoms with Crippen LogP contribution in [0.5, 0.6) is 5.75 Å². The molecule has 144 valence electrons. The summed E-state index contributed by atoms with van der Waals surface area (Å²) in [5.74, 6) is -5.28. The van der Waals surface area contributed by atoms with Gasteiger partial charge in [-0.15, -0.1) is 13.2 Å². The van der Waals surface area contributed by atoms with Gasteiger partial charge >= 0.3 is 6.36 Å². The number of hydrogen-bond donors (Lipinski definition) is 0. The summed E-state index contributed by atoms with van der Waals surface area (Å²) in [6.07, 6.45) is -0.415. The highest BCUT2D eigenvalue weighted by Crippen LogP contribution is 2.36. The van der Waals surface area contributed by atoms with Crippen LogP contribution in [0.15, 0.2) is 35.9 Å². The van der Waals surface area contributed by atoms with Gasteiger partial charge < -0.3 is 4.74 Å². The first-order chi connectivity index (χ1) is 12.7. The lowest BCUT2D eigenvalue weighted by atomic mass is 9.87. The number of hydrogen-bond acceptors (Lipinski definition) is 1. The van der Waals surface area contributed by atoms with Crippen LogP contribution in [0.3, 0.4) is 0 Å². The molecule has 1 aliphatic rings. The van der Waals surface area contributed by atoms with Crippen LogP contribution in [-0.4, -0.2) is 6.36 Å². The van der Waals surface area contributed by atoms with E-state index >= 15 is 0 Å². The predicted octanol–water partition coefficient (Wildman–Crippen LogP) is 6.49. The Bertz CT molecular complexity index is 875. The van der Waals surface area contributed by atoms with Crippen molar-refractivity contribution in [1.82, 2.24) is 0 Å². The molecule has 0 amide bonds. The van der Waals surface area contributed by atoms with Crippen molar-refractivity contribution in [3.05, 3.63) is 64.5 Å². The summed E-state index contributed by atoms with van der Waals surface area (Å²) in [6.45, 7) is 2.05. The van der Waals surface area contributed by atoms with Crippen LogP contribution in [0, 0.1) is 17.5 Å². The third-order valence-corrected chi connectivity index (χ3v) is 4.45. The number of halogens is 6. The van der Waals surface area contributed by atoms with Crippen molar-refractivity contribution in [3.63, 3.8) is 0 Å². The molecule has 0 atom stereocenters. The first-order valence-corrected chi connectivity index (χ1v) is 8.43. The van der Waals surface area contributed by atoms with Gasteiger partial charge in [-0.1, -0.05) is 37.1 Å². The number of alkyl halides is 3. The van der Waals surface area contributed by atoms with Gasteiger partial charge in [-0.25, -0.2) is 13.2 Å². The number of rotatable bonds is 4. The van der Waals surface area contributed by atoms with Gasteiger partial charge in [0.15, 0.2) is 11.6 Å². The molecule has 27 heavy (non-hydrogen) atoms. The lowest BCUT2D eigenvalue weighted by Crippen LogP contribution is -2.19. The molecule has 0 aromatic heterocycles. The molecule has 0 bridgehead atoms. The minimum Gasteiger partial charge on any atom is -0.399 e. The quantitative estimate of drug-likeness (QED) is 0.431. The summed E-state index contributed by atoms with van der Waals surface area (Å²) in [4.78, 5) is 0. The molecule has 0 radical (unpaired) electrons. The summed E-state index contributed by atoms with van der Waals surface area (Å²) in [5.41, 5.74) is 2.19. The molecular weight excluding hydrogens is 370 g/mol.